The summed E-state index contributed by atoms with van der Waals surface area (Å²) in [5, 5.41) is 6.11. The molecule has 2 aromatic rings. The molecule has 1 aromatic carbocycles. The number of H-pyrrole nitrogens is 2. The summed E-state index contributed by atoms with van der Waals surface area (Å²) in [6, 6.07) is 7.49. The summed E-state index contributed by atoms with van der Waals surface area (Å²) in [7, 11) is 0. The van der Waals surface area contributed by atoms with Crippen LogP contribution in [0.5, 0.6) is 0 Å². The molecular formula is C9H10N4O. The molecule has 0 aliphatic carbocycles. The van der Waals surface area contributed by atoms with Crippen LogP contribution in [0.1, 0.15) is 11.4 Å². The molecule has 0 bridgehead atoms. The molecule has 2 rings (SSSR count). The first-order valence-corrected chi connectivity index (χ1v) is 4.22. The zero-order valence-corrected chi connectivity index (χ0v) is 7.45. The Balaban J connectivity index is 2.27. The van der Waals surface area contributed by atoms with Crippen molar-refractivity contribution in [2.75, 3.05) is 5.73 Å². The van der Waals surface area contributed by atoms with Gasteiger partial charge in [0.1, 0.15) is 5.82 Å². The van der Waals surface area contributed by atoms with E-state index in [1.54, 1.807) is 0 Å². The van der Waals surface area contributed by atoms with Crippen LogP contribution < -0.4 is 11.4 Å². The van der Waals surface area contributed by atoms with Crippen LogP contribution in [0.25, 0.3) is 0 Å². The molecule has 0 aliphatic rings. The molecule has 0 radical (unpaired) electrons. The van der Waals surface area contributed by atoms with Crippen LogP contribution in [-0.4, -0.2) is 15.2 Å². The van der Waals surface area contributed by atoms with Gasteiger partial charge in [-0.2, -0.15) is 5.10 Å². The summed E-state index contributed by atoms with van der Waals surface area (Å²) >= 11 is 0. The Kier molecular flexibility index (Phi) is 2.06. The lowest BCUT2D eigenvalue weighted by atomic mass is 10.1. The molecule has 5 heteroatoms. The van der Waals surface area contributed by atoms with E-state index in [1.165, 1.54) is 0 Å². The van der Waals surface area contributed by atoms with Crippen molar-refractivity contribution in [2.24, 2.45) is 0 Å². The van der Waals surface area contributed by atoms with Gasteiger partial charge in [0, 0.05) is 12.1 Å². The topological polar surface area (TPSA) is 87.6 Å². The minimum absolute atomic E-state index is 0.297. The van der Waals surface area contributed by atoms with Gasteiger partial charge in [0.2, 0.25) is 0 Å². The second-order valence-electron chi connectivity index (χ2n) is 3.00. The number of aromatic nitrogens is 3. The highest BCUT2D eigenvalue weighted by atomic mass is 16.1. The second kappa shape index (κ2) is 3.37. The summed E-state index contributed by atoms with van der Waals surface area (Å²) in [5.41, 5.74) is 7.11. The molecule has 5 nitrogen and oxygen atoms in total. The highest BCUT2D eigenvalue weighted by Crippen LogP contribution is 2.12. The first-order valence-electron chi connectivity index (χ1n) is 4.22. The molecule has 1 heterocycles. The summed E-state index contributed by atoms with van der Waals surface area (Å²) in [6.45, 7) is 0. The zero-order valence-electron chi connectivity index (χ0n) is 7.45. The van der Waals surface area contributed by atoms with Gasteiger partial charge in [0.05, 0.1) is 0 Å². The SMILES string of the molecule is Nc1ccccc1Cc1n[nH]c(=O)[nH]1. The van der Waals surface area contributed by atoms with Gasteiger partial charge in [-0.1, -0.05) is 18.2 Å². The maximum absolute atomic E-state index is 10.8. The number of nitrogen functional groups attached to an aromatic ring is 1. The van der Waals surface area contributed by atoms with Gasteiger partial charge >= 0.3 is 5.69 Å². The molecule has 0 spiro atoms. The number of hydrogen-bond acceptors (Lipinski definition) is 3. The quantitative estimate of drug-likeness (QED) is 0.594. The van der Waals surface area contributed by atoms with Crippen LogP contribution in [0, 0.1) is 0 Å². The first kappa shape index (κ1) is 8.55. The first-order chi connectivity index (χ1) is 6.75. The number of para-hydroxylation sites is 1. The molecular weight excluding hydrogens is 180 g/mol. The van der Waals surface area contributed by atoms with Crippen molar-refractivity contribution < 1.29 is 0 Å². The van der Waals surface area contributed by atoms with Crippen LogP contribution in [-0.2, 0) is 6.42 Å². The lowest BCUT2D eigenvalue weighted by molar-refractivity contribution is 0.971. The van der Waals surface area contributed by atoms with E-state index in [-0.39, 0.29) is 5.69 Å². The normalized spacial score (nSPS) is 10.3. The standard InChI is InChI=1S/C9H10N4O/c10-7-4-2-1-3-6(7)5-8-11-9(14)13-12-8/h1-4H,5,10H2,(H2,11,12,13,14). The fraction of sp³-hybridized carbons (Fsp3) is 0.111. The number of hydrogen-bond donors (Lipinski definition) is 3. The molecule has 1 aromatic heterocycles. The van der Waals surface area contributed by atoms with E-state index >= 15 is 0 Å². The van der Waals surface area contributed by atoms with E-state index in [0.29, 0.717) is 17.9 Å². The van der Waals surface area contributed by atoms with E-state index in [4.69, 9.17) is 5.73 Å². The fourth-order valence-electron chi connectivity index (χ4n) is 1.26. The third-order valence-electron chi connectivity index (χ3n) is 1.96. The van der Waals surface area contributed by atoms with Crippen LogP contribution >= 0.6 is 0 Å². The van der Waals surface area contributed by atoms with Crippen LogP contribution in [0.2, 0.25) is 0 Å². The largest absolute Gasteiger partial charge is 0.398 e. The number of rotatable bonds is 2. The monoisotopic (exact) mass is 190 g/mol. The van der Waals surface area contributed by atoms with Gasteiger partial charge < -0.3 is 5.73 Å². The Morgan fingerprint density at radius 2 is 2.14 bits per heavy atom. The van der Waals surface area contributed by atoms with Gasteiger partial charge in [0.15, 0.2) is 0 Å². The van der Waals surface area contributed by atoms with Crippen molar-refractivity contribution in [3.8, 4) is 0 Å². The highest BCUT2D eigenvalue weighted by Gasteiger charge is 2.02. The average molecular weight is 190 g/mol. The summed E-state index contributed by atoms with van der Waals surface area (Å²) in [6.07, 6.45) is 0.533. The Bertz CT molecular complexity index is 485. The maximum Gasteiger partial charge on any atom is 0.340 e. The zero-order chi connectivity index (χ0) is 9.97. The van der Waals surface area contributed by atoms with Gasteiger partial charge in [-0.25, -0.2) is 9.89 Å². The van der Waals surface area contributed by atoms with E-state index in [0.717, 1.165) is 5.56 Å². The van der Waals surface area contributed by atoms with Crippen molar-refractivity contribution in [2.45, 2.75) is 6.42 Å². The third kappa shape index (κ3) is 1.66. The Morgan fingerprint density at radius 3 is 2.79 bits per heavy atom. The molecule has 0 saturated carbocycles. The number of benzene rings is 1. The van der Waals surface area contributed by atoms with Crippen molar-refractivity contribution >= 4 is 5.69 Å². The third-order valence-corrected chi connectivity index (χ3v) is 1.96. The molecule has 0 unspecified atom stereocenters. The molecule has 4 N–H and O–H groups in total. The van der Waals surface area contributed by atoms with E-state index in [2.05, 4.69) is 15.2 Å². The molecule has 0 fully saturated rings. The van der Waals surface area contributed by atoms with E-state index in [1.807, 2.05) is 24.3 Å². The van der Waals surface area contributed by atoms with Crippen LogP contribution in [0.4, 0.5) is 5.69 Å². The Hall–Kier alpha value is -2.04. The summed E-state index contributed by atoms with van der Waals surface area (Å²) in [4.78, 5) is 13.3. The molecule has 0 saturated heterocycles. The number of nitrogens with zero attached hydrogens (tertiary/aromatic N) is 1. The van der Waals surface area contributed by atoms with Crippen molar-refractivity contribution in [3.05, 3.63) is 46.1 Å². The van der Waals surface area contributed by atoms with Gasteiger partial charge in [0.25, 0.3) is 0 Å². The van der Waals surface area contributed by atoms with Gasteiger partial charge in [-0.3, -0.25) is 4.98 Å². The Labute approximate surface area is 80.0 Å². The lowest BCUT2D eigenvalue weighted by Crippen LogP contribution is -2.02. The van der Waals surface area contributed by atoms with Crippen molar-refractivity contribution in [1.82, 2.24) is 15.2 Å². The molecule has 0 amide bonds. The van der Waals surface area contributed by atoms with Crippen molar-refractivity contribution in [1.29, 1.82) is 0 Å². The number of anilines is 1. The predicted octanol–water partition coefficient (Wildman–Crippen LogP) is 0.271. The van der Waals surface area contributed by atoms with Crippen LogP contribution in [0.15, 0.2) is 29.1 Å². The number of nitrogens with one attached hydrogen (secondary N) is 2. The molecule has 72 valence electrons. The minimum Gasteiger partial charge on any atom is -0.398 e. The summed E-state index contributed by atoms with van der Waals surface area (Å²) < 4.78 is 0. The maximum atomic E-state index is 10.8. The second-order valence-corrected chi connectivity index (χ2v) is 3.00. The number of aromatic amines is 2. The smallest absolute Gasteiger partial charge is 0.340 e. The van der Waals surface area contributed by atoms with E-state index in [9.17, 15) is 4.79 Å². The lowest BCUT2D eigenvalue weighted by Gasteiger charge is -2.01. The highest BCUT2D eigenvalue weighted by molar-refractivity contribution is 5.47. The fourth-order valence-corrected chi connectivity index (χ4v) is 1.26. The van der Waals surface area contributed by atoms with Gasteiger partial charge in [-0.15, -0.1) is 0 Å². The number of nitrogens with two attached hydrogens (primary N) is 1. The predicted molar refractivity (Wildman–Crippen MR) is 52.9 cm³/mol. The van der Waals surface area contributed by atoms with E-state index < -0.39 is 0 Å². The van der Waals surface area contributed by atoms with Crippen molar-refractivity contribution in [3.63, 3.8) is 0 Å². The van der Waals surface area contributed by atoms with Crippen LogP contribution in [0.3, 0.4) is 0 Å². The molecule has 0 atom stereocenters. The van der Waals surface area contributed by atoms with Gasteiger partial charge in [-0.05, 0) is 11.6 Å². The molecule has 0 aliphatic heterocycles. The molecule has 14 heavy (non-hydrogen) atoms. The Morgan fingerprint density at radius 1 is 1.36 bits per heavy atom. The average Bonchev–Trinajstić information content (AvgIpc) is 2.56. The minimum atomic E-state index is -0.297. The summed E-state index contributed by atoms with van der Waals surface area (Å²) in [5.74, 6) is 0.591.